The lowest BCUT2D eigenvalue weighted by Gasteiger charge is -2.45. The standard InChI is InChI=1S/C38H45N5O6S/c44-30-10-8-28(29-9-12-34(46)42-35(29)30)31(45)22-39-15-3-4-16-40-36(47)33-11-7-27(50-33)21-41-38(19-25-5-1-2-6-26(25)20-38)37(48)49-32-23-43-17-13-24(32)14-18-43/h1-2,5-12,24,31-32,39,41,44-45H,3-4,13-23H2,(H,40,47)(H,42,46)/t31?,32-/m0/s1. The number of aliphatic hydroxyl groups is 1. The molecule has 2 bridgehead atoms. The smallest absolute Gasteiger partial charge is 0.327 e. The predicted octanol–water partition coefficient (Wildman–Crippen LogP) is 3.39. The van der Waals surface area contributed by atoms with Gasteiger partial charge in [0.25, 0.3) is 5.91 Å². The normalized spacial score (nSPS) is 21.2. The Balaban J connectivity index is 0.860. The lowest BCUT2D eigenvalue weighted by molar-refractivity contribution is -0.166. The minimum absolute atomic E-state index is 0.0421. The Kier molecular flexibility index (Phi) is 10.3. The van der Waals surface area contributed by atoms with Crippen molar-refractivity contribution in [1.29, 1.82) is 0 Å². The number of fused-ring (bicyclic) bond motifs is 5. The van der Waals surface area contributed by atoms with Crippen LogP contribution in [0.15, 0.2) is 65.5 Å². The van der Waals surface area contributed by atoms with Gasteiger partial charge in [-0.3, -0.25) is 24.6 Å². The SMILES string of the molecule is O=C(NCCCCNCC(O)c1ccc(O)c2[nH]c(=O)ccc12)c1ccc(CNC2(C(=O)O[C@H]3CN4CCC3CC4)Cc3ccccc3C2)s1. The number of aromatic amines is 1. The summed E-state index contributed by atoms with van der Waals surface area (Å²) in [4.78, 5) is 45.1. The summed E-state index contributed by atoms with van der Waals surface area (Å²) < 4.78 is 6.27. The number of carbonyl (C=O) groups excluding carboxylic acids is 2. The molecule has 4 aromatic rings. The van der Waals surface area contributed by atoms with Gasteiger partial charge in [0.1, 0.15) is 17.4 Å². The summed E-state index contributed by atoms with van der Waals surface area (Å²) >= 11 is 1.43. The van der Waals surface area contributed by atoms with E-state index < -0.39 is 11.6 Å². The fraction of sp³-hybridized carbons (Fsp3) is 0.447. The van der Waals surface area contributed by atoms with Crippen LogP contribution in [0.25, 0.3) is 10.9 Å². The van der Waals surface area contributed by atoms with E-state index in [9.17, 15) is 24.6 Å². The molecule has 6 N–H and O–H groups in total. The molecule has 264 valence electrons. The fourth-order valence-electron chi connectivity index (χ4n) is 7.66. The zero-order chi connectivity index (χ0) is 34.7. The highest BCUT2D eigenvalue weighted by Gasteiger charge is 2.47. The summed E-state index contributed by atoms with van der Waals surface area (Å²) in [5, 5.41) is 31.2. The first kappa shape index (κ1) is 34.4. The molecule has 0 saturated carbocycles. The number of carbonyl (C=O) groups is 2. The van der Waals surface area contributed by atoms with E-state index in [1.807, 2.05) is 24.3 Å². The Hall–Kier alpha value is -4.07. The van der Waals surface area contributed by atoms with Gasteiger partial charge in [-0.1, -0.05) is 30.3 Å². The Bertz CT molecular complexity index is 1870. The Labute approximate surface area is 295 Å². The zero-order valence-corrected chi connectivity index (χ0v) is 28.9. The van der Waals surface area contributed by atoms with E-state index in [1.165, 1.54) is 34.6 Å². The van der Waals surface area contributed by atoms with Crippen LogP contribution in [0.1, 0.15) is 63.0 Å². The van der Waals surface area contributed by atoms with E-state index >= 15 is 0 Å². The van der Waals surface area contributed by atoms with E-state index in [0.29, 0.717) is 66.3 Å². The van der Waals surface area contributed by atoms with Gasteiger partial charge in [-0.2, -0.15) is 0 Å². The Morgan fingerprint density at radius 2 is 1.76 bits per heavy atom. The van der Waals surface area contributed by atoms with Crippen LogP contribution in [0.2, 0.25) is 0 Å². The molecule has 3 aliphatic heterocycles. The number of esters is 1. The average Bonchev–Trinajstić information content (AvgIpc) is 3.77. The number of aromatic hydroxyl groups is 1. The predicted molar refractivity (Wildman–Crippen MR) is 192 cm³/mol. The first-order valence-electron chi connectivity index (χ1n) is 17.6. The highest BCUT2D eigenvalue weighted by atomic mass is 32.1. The second-order valence-electron chi connectivity index (χ2n) is 13.9. The summed E-state index contributed by atoms with van der Waals surface area (Å²) in [6.45, 7) is 4.97. The first-order valence-corrected chi connectivity index (χ1v) is 18.5. The second kappa shape index (κ2) is 15.0. The van der Waals surface area contributed by atoms with Gasteiger partial charge >= 0.3 is 5.97 Å². The third kappa shape index (κ3) is 7.50. The number of benzene rings is 2. The van der Waals surface area contributed by atoms with Crippen molar-refractivity contribution in [2.75, 3.05) is 39.3 Å². The number of unbranched alkanes of at least 4 members (excludes halogenated alkanes) is 1. The van der Waals surface area contributed by atoms with Crippen LogP contribution in [0.4, 0.5) is 0 Å². The van der Waals surface area contributed by atoms with Crippen LogP contribution in [0.3, 0.4) is 0 Å². The maximum atomic E-state index is 13.9. The molecule has 50 heavy (non-hydrogen) atoms. The van der Waals surface area contributed by atoms with Gasteiger partial charge in [0.15, 0.2) is 0 Å². The molecule has 1 amide bonds. The van der Waals surface area contributed by atoms with Crippen molar-refractivity contribution in [2.45, 2.75) is 62.8 Å². The molecule has 4 aliphatic rings. The zero-order valence-electron chi connectivity index (χ0n) is 28.1. The molecular weight excluding hydrogens is 655 g/mol. The average molecular weight is 700 g/mol. The molecule has 2 atom stereocenters. The van der Waals surface area contributed by atoms with E-state index in [-0.39, 0.29) is 29.3 Å². The molecule has 1 unspecified atom stereocenters. The molecular formula is C38H45N5O6S. The van der Waals surface area contributed by atoms with E-state index in [4.69, 9.17) is 4.74 Å². The van der Waals surface area contributed by atoms with Crippen molar-refractivity contribution in [1.82, 2.24) is 25.8 Å². The number of H-pyrrole nitrogens is 1. The summed E-state index contributed by atoms with van der Waals surface area (Å²) in [5.74, 6) is 0.114. The number of nitrogens with one attached hydrogen (secondary N) is 4. The third-order valence-electron chi connectivity index (χ3n) is 10.5. The number of rotatable bonds is 14. The van der Waals surface area contributed by atoms with Crippen molar-refractivity contribution in [2.24, 2.45) is 5.92 Å². The van der Waals surface area contributed by atoms with Gasteiger partial charge in [-0.25, -0.2) is 0 Å². The van der Waals surface area contributed by atoms with Gasteiger partial charge in [-0.15, -0.1) is 11.3 Å². The number of aliphatic hydroxyl groups excluding tert-OH is 1. The van der Waals surface area contributed by atoms with Gasteiger partial charge in [0.2, 0.25) is 5.56 Å². The van der Waals surface area contributed by atoms with Crippen LogP contribution in [0.5, 0.6) is 5.75 Å². The van der Waals surface area contributed by atoms with Crippen LogP contribution in [-0.4, -0.2) is 82.9 Å². The molecule has 0 radical (unpaired) electrons. The van der Waals surface area contributed by atoms with Crippen LogP contribution >= 0.6 is 11.3 Å². The van der Waals surface area contributed by atoms with Crippen molar-refractivity contribution in [3.8, 4) is 5.75 Å². The maximum Gasteiger partial charge on any atom is 0.327 e. The first-order chi connectivity index (χ1) is 24.3. The van der Waals surface area contributed by atoms with Crippen molar-refractivity contribution in [3.63, 3.8) is 0 Å². The minimum Gasteiger partial charge on any atom is -0.506 e. The summed E-state index contributed by atoms with van der Waals surface area (Å²) in [6, 6.07) is 18.1. The minimum atomic E-state index is -0.829. The summed E-state index contributed by atoms with van der Waals surface area (Å²) in [5.41, 5.74) is 2.12. The number of thiophene rings is 1. The number of hydrogen-bond acceptors (Lipinski definition) is 10. The number of amides is 1. The monoisotopic (exact) mass is 699 g/mol. The topological polar surface area (TPSA) is 156 Å². The number of piperidine rings is 3. The molecule has 2 aromatic heterocycles. The highest BCUT2D eigenvalue weighted by Crippen LogP contribution is 2.35. The van der Waals surface area contributed by atoms with E-state index in [0.717, 1.165) is 50.2 Å². The quantitative estimate of drug-likeness (QED) is 0.0859. The summed E-state index contributed by atoms with van der Waals surface area (Å²) in [7, 11) is 0. The number of aromatic nitrogens is 1. The highest BCUT2D eigenvalue weighted by molar-refractivity contribution is 7.14. The number of pyridine rings is 1. The molecule has 3 saturated heterocycles. The molecule has 1 aliphatic carbocycles. The van der Waals surface area contributed by atoms with Gasteiger partial charge in [0.05, 0.1) is 16.5 Å². The van der Waals surface area contributed by atoms with Gasteiger partial charge < -0.3 is 30.6 Å². The van der Waals surface area contributed by atoms with Crippen LogP contribution in [-0.2, 0) is 28.9 Å². The van der Waals surface area contributed by atoms with Gasteiger partial charge in [0, 0.05) is 55.4 Å². The molecule has 0 spiro atoms. The number of phenols is 1. The fourth-order valence-corrected chi connectivity index (χ4v) is 8.53. The maximum absolute atomic E-state index is 13.9. The van der Waals surface area contributed by atoms with Crippen molar-refractivity contribution < 1.29 is 24.5 Å². The van der Waals surface area contributed by atoms with Gasteiger partial charge in [-0.05, 0) is 92.2 Å². The number of ether oxygens (including phenoxy) is 1. The van der Waals surface area contributed by atoms with E-state index in [1.54, 1.807) is 12.1 Å². The van der Waals surface area contributed by atoms with Crippen LogP contribution < -0.4 is 21.5 Å². The molecule has 2 aromatic carbocycles. The van der Waals surface area contributed by atoms with Crippen LogP contribution in [0, 0.1) is 5.92 Å². The number of phenolic OH excluding ortho intramolecular Hbond substituents is 1. The largest absolute Gasteiger partial charge is 0.506 e. The Morgan fingerprint density at radius 3 is 2.50 bits per heavy atom. The second-order valence-corrected chi connectivity index (χ2v) is 15.0. The third-order valence-corrected chi connectivity index (χ3v) is 11.6. The Morgan fingerprint density at radius 1 is 1.00 bits per heavy atom. The van der Waals surface area contributed by atoms with Crippen molar-refractivity contribution in [3.05, 3.63) is 97.5 Å². The lowest BCUT2D eigenvalue weighted by atomic mass is 9.85. The van der Waals surface area contributed by atoms with Crippen molar-refractivity contribution >= 4 is 34.1 Å². The lowest BCUT2D eigenvalue weighted by Crippen LogP contribution is -2.58. The number of nitrogens with zero attached hydrogens (tertiary/aromatic N) is 1. The number of hydrogen-bond donors (Lipinski definition) is 6. The molecule has 8 rings (SSSR count). The van der Waals surface area contributed by atoms with E-state index in [2.05, 4.69) is 38.0 Å². The molecule has 11 nitrogen and oxygen atoms in total. The molecule has 12 heteroatoms. The molecule has 5 heterocycles. The molecule has 3 fully saturated rings. The summed E-state index contributed by atoms with van der Waals surface area (Å²) in [6.07, 6.45) is 4.06.